The molecular weight excluding hydrogens is 996 g/mol. The van der Waals surface area contributed by atoms with Crippen molar-refractivity contribution in [2.45, 2.75) is 154 Å². The molecule has 6 aromatic rings. The van der Waals surface area contributed by atoms with Crippen molar-refractivity contribution in [2.24, 2.45) is 11.3 Å². The van der Waals surface area contributed by atoms with Crippen molar-refractivity contribution in [2.75, 3.05) is 26.2 Å². The van der Waals surface area contributed by atoms with Crippen LogP contribution in [0.5, 0.6) is 0 Å². The highest BCUT2D eigenvalue weighted by Gasteiger charge is 2.53. The van der Waals surface area contributed by atoms with Gasteiger partial charge in [-0.15, -0.1) is 11.3 Å². The lowest BCUT2D eigenvalue weighted by atomic mass is 9.85. The Balaban J connectivity index is 0.801. The monoisotopic (exact) mass is 1060 g/mol. The van der Waals surface area contributed by atoms with Crippen LogP contribution < -0.4 is 16.2 Å². The highest BCUT2D eigenvalue weighted by atomic mass is 79.9. The van der Waals surface area contributed by atoms with Gasteiger partial charge in [-0.1, -0.05) is 76.9 Å². The summed E-state index contributed by atoms with van der Waals surface area (Å²) in [4.78, 5) is 69.2. The number of amides is 3. The van der Waals surface area contributed by atoms with Crippen molar-refractivity contribution in [3.05, 3.63) is 97.8 Å². The van der Waals surface area contributed by atoms with Crippen molar-refractivity contribution in [3.8, 4) is 10.4 Å². The number of rotatable bonds is 15. The first-order valence-corrected chi connectivity index (χ1v) is 27.8. The number of fused-ring (bicyclic) bond motifs is 5. The van der Waals surface area contributed by atoms with Crippen LogP contribution in [-0.4, -0.2) is 102 Å². The van der Waals surface area contributed by atoms with E-state index < -0.39 is 41.1 Å². The number of carbonyl (C=O) groups excluding carboxylic acids is 3. The van der Waals surface area contributed by atoms with Gasteiger partial charge in [-0.05, 0) is 158 Å². The van der Waals surface area contributed by atoms with Crippen LogP contribution in [0.15, 0.2) is 75.4 Å². The van der Waals surface area contributed by atoms with Crippen molar-refractivity contribution in [1.82, 2.24) is 39.4 Å². The summed E-state index contributed by atoms with van der Waals surface area (Å²) in [7, 11) is 0. The number of aromatic nitrogens is 4. The Kier molecular flexibility index (Phi) is 14.3. The molecule has 4 fully saturated rings. The van der Waals surface area contributed by atoms with Gasteiger partial charge < -0.3 is 30.1 Å². The zero-order valence-corrected chi connectivity index (χ0v) is 44.5. The summed E-state index contributed by atoms with van der Waals surface area (Å²) in [5.41, 5.74) is 6.32. The van der Waals surface area contributed by atoms with Gasteiger partial charge in [-0.2, -0.15) is 4.98 Å². The van der Waals surface area contributed by atoms with E-state index in [0.717, 1.165) is 107 Å². The van der Waals surface area contributed by atoms with Gasteiger partial charge in [-0.3, -0.25) is 23.6 Å². The van der Waals surface area contributed by atoms with E-state index in [4.69, 9.17) is 4.98 Å². The van der Waals surface area contributed by atoms with E-state index in [1.807, 2.05) is 30.6 Å². The van der Waals surface area contributed by atoms with E-state index in [0.29, 0.717) is 29.7 Å². The number of carbonyl (C=O) groups is 3. The number of piperidine rings is 1. The molecule has 0 spiro atoms. The average Bonchev–Trinajstić information content (AvgIpc) is 3.81. The van der Waals surface area contributed by atoms with E-state index in [2.05, 4.69) is 94.8 Å². The fraction of sp³-hybridized carbons (Fsp3) is 0.536. The zero-order valence-electron chi connectivity index (χ0n) is 42.1. The van der Waals surface area contributed by atoms with Crippen LogP contribution in [0.2, 0.25) is 0 Å². The third-order valence-electron chi connectivity index (χ3n) is 16.2. The molecule has 2 saturated heterocycles. The molecule has 4 aliphatic rings. The summed E-state index contributed by atoms with van der Waals surface area (Å²) in [6.07, 6.45) is 8.58. The van der Waals surface area contributed by atoms with Crippen LogP contribution in [0.1, 0.15) is 140 Å². The summed E-state index contributed by atoms with van der Waals surface area (Å²) in [5.74, 6) is -0.136. The number of β-amino-alcohol motifs (C(OH)–C–C–N with tert-alkyl or cyclic N) is 1. The van der Waals surface area contributed by atoms with Gasteiger partial charge in [0.2, 0.25) is 17.6 Å². The molecule has 16 heteroatoms. The van der Waals surface area contributed by atoms with Crippen LogP contribution in [0.4, 0.5) is 4.39 Å². The molecule has 382 valence electrons. The molecule has 5 heterocycles. The Morgan fingerprint density at radius 1 is 0.944 bits per heavy atom. The first kappa shape index (κ1) is 50.5. The Bertz CT molecular complexity index is 3060. The molecule has 2 saturated carbocycles. The quantitative estimate of drug-likeness (QED) is 0.0919. The second-order valence-corrected chi connectivity index (χ2v) is 24.1. The highest BCUT2D eigenvalue weighted by Crippen LogP contribution is 2.42. The Hall–Kier alpha value is -5.03. The molecule has 5 atom stereocenters. The SMILES string of the molecule is Cc1ncsc1-c1ccc([C@@H](CC[C@@H](C)CCN2CCC(c3ccc4c(c3)n(C3CCCC3)c3nc(=O)c5c(Br)cccc5n43)CC2)NC(=O)[C@@H]2C[C@@H](O)CN2C(=O)[C@@H](NC(=O)C2(F)CC2)C(C)(C)C)cc1. The molecular formula is C56H68BrFN8O5S. The Labute approximate surface area is 433 Å². The van der Waals surface area contributed by atoms with E-state index in [-0.39, 0.29) is 43.3 Å². The minimum atomic E-state index is -1.96. The Morgan fingerprint density at radius 3 is 2.36 bits per heavy atom. The number of hydrogen-bond acceptors (Lipinski definition) is 9. The van der Waals surface area contributed by atoms with Gasteiger partial charge in [0.25, 0.3) is 11.5 Å². The fourth-order valence-corrected chi connectivity index (χ4v) is 13.0. The zero-order chi connectivity index (χ0) is 50.6. The molecule has 3 amide bonds. The van der Waals surface area contributed by atoms with Crippen LogP contribution in [0.3, 0.4) is 0 Å². The van der Waals surface area contributed by atoms with Crippen molar-refractivity contribution >= 4 is 72.7 Å². The largest absolute Gasteiger partial charge is 0.391 e. The molecule has 0 radical (unpaired) electrons. The standard InChI is InChI=1S/C56H68BrFN8O5S/c1-33(21-26-63-27-22-35(23-28-63)38-18-20-43-45(29-38)65(39-9-6-7-10-39)54-62-51(69)47-41(57)11-8-12-44(47)66(43)54)13-19-42(36-14-16-37(17-15-36)48-34(2)59-32-72-48)60-50(68)46-30-40(67)31-64(46)52(70)49(55(3,4)5)61-53(71)56(58)24-25-56/h8,11-12,14-18,20,29,32-33,35,39-40,42,46,49,67H,6-7,9-10,13,19,21-28,30-31H2,1-5H3,(H,60,68)(H,61,71)/t33-,40-,42-,46+,49-/m1/s1. The highest BCUT2D eigenvalue weighted by molar-refractivity contribution is 9.10. The number of halogens is 2. The third kappa shape index (κ3) is 10.1. The van der Waals surface area contributed by atoms with Gasteiger partial charge in [0.1, 0.15) is 12.1 Å². The molecule has 0 unspecified atom stereocenters. The van der Waals surface area contributed by atoms with Gasteiger partial charge in [0, 0.05) is 23.5 Å². The molecule has 2 aliphatic carbocycles. The minimum absolute atomic E-state index is 0.0553. The topological polar surface area (TPSA) is 154 Å². The molecule has 10 rings (SSSR count). The molecule has 72 heavy (non-hydrogen) atoms. The van der Waals surface area contributed by atoms with Gasteiger partial charge >= 0.3 is 0 Å². The molecule has 0 bridgehead atoms. The summed E-state index contributed by atoms with van der Waals surface area (Å²) < 4.78 is 20.1. The predicted octanol–water partition coefficient (Wildman–Crippen LogP) is 9.95. The van der Waals surface area contributed by atoms with Gasteiger partial charge in [-0.25, -0.2) is 9.37 Å². The maximum atomic E-state index is 14.8. The second kappa shape index (κ2) is 20.4. The third-order valence-corrected chi connectivity index (χ3v) is 17.8. The number of nitrogens with one attached hydrogen (secondary N) is 2. The van der Waals surface area contributed by atoms with Crippen LogP contribution in [0.25, 0.3) is 38.2 Å². The molecule has 3 aromatic heterocycles. The van der Waals surface area contributed by atoms with E-state index >= 15 is 0 Å². The number of alkyl halides is 1. The lowest BCUT2D eigenvalue weighted by Crippen LogP contribution is -2.59. The van der Waals surface area contributed by atoms with Crippen molar-refractivity contribution in [1.29, 1.82) is 0 Å². The molecule has 3 N–H and O–H groups in total. The number of likely N-dealkylation sites (tertiary alicyclic amines) is 2. The number of benzene rings is 3. The average molecular weight is 1060 g/mol. The van der Waals surface area contributed by atoms with Crippen LogP contribution in [0, 0.1) is 18.3 Å². The number of aliphatic hydroxyl groups excluding tert-OH is 1. The molecule has 13 nitrogen and oxygen atoms in total. The lowest BCUT2D eigenvalue weighted by Gasteiger charge is -2.36. The first-order valence-electron chi connectivity index (χ1n) is 26.1. The normalized spacial score (nSPS) is 21.1. The minimum Gasteiger partial charge on any atom is -0.391 e. The number of aryl methyl sites for hydroxylation is 1. The first-order chi connectivity index (χ1) is 34.5. The summed E-state index contributed by atoms with van der Waals surface area (Å²) in [6, 6.07) is 19.0. The fourth-order valence-electron chi connectivity index (χ4n) is 11.7. The summed E-state index contributed by atoms with van der Waals surface area (Å²) >= 11 is 5.21. The van der Waals surface area contributed by atoms with E-state index in [1.54, 1.807) is 32.1 Å². The molecule has 2 aliphatic heterocycles. The lowest BCUT2D eigenvalue weighted by molar-refractivity contribution is -0.145. The predicted molar refractivity (Wildman–Crippen MR) is 285 cm³/mol. The maximum absolute atomic E-state index is 14.8. The number of hydrogen-bond donors (Lipinski definition) is 3. The molecule has 3 aromatic carbocycles. The van der Waals surface area contributed by atoms with Crippen molar-refractivity contribution in [3.63, 3.8) is 0 Å². The van der Waals surface area contributed by atoms with Crippen LogP contribution >= 0.6 is 27.3 Å². The van der Waals surface area contributed by atoms with E-state index in [9.17, 15) is 28.7 Å². The van der Waals surface area contributed by atoms with Gasteiger partial charge in [0.05, 0.1) is 50.2 Å². The smallest absolute Gasteiger partial charge is 0.283 e. The number of thiazole rings is 1. The number of nitrogens with zero attached hydrogens (tertiary/aromatic N) is 6. The van der Waals surface area contributed by atoms with Crippen LogP contribution in [-0.2, 0) is 14.4 Å². The Morgan fingerprint density at radius 2 is 1.68 bits per heavy atom. The van der Waals surface area contributed by atoms with E-state index in [1.165, 1.54) is 23.3 Å². The van der Waals surface area contributed by atoms with Gasteiger partial charge in [0.15, 0.2) is 5.67 Å². The number of imidazole rings is 1. The maximum Gasteiger partial charge on any atom is 0.283 e. The summed E-state index contributed by atoms with van der Waals surface area (Å²) in [5, 5.41) is 17.5. The van der Waals surface area contributed by atoms with Crippen molar-refractivity contribution < 1.29 is 23.9 Å². The second-order valence-electron chi connectivity index (χ2n) is 22.4. The number of aliphatic hydroxyl groups is 1. The summed E-state index contributed by atoms with van der Waals surface area (Å²) in [6.45, 7) is 12.6.